The van der Waals surface area contributed by atoms with Crippen molar-refractivity contribution in [2.45, 2.75) is 18.4 Å². The van der Waals surface area contributed by atoms with Crippen LogP contribution in [-0.2, 0) is 9.53 Å². The minimum Gasteiger partial charge on any atom is -0.465 e. The van der Waals surface area contributed by atoms with E-state index in [-0.39, 0.29) is 5.12 Å². The standard InChI is InChI=1S/C10H11NO3S/c1-3-8(12)15-9-7(10(13)14-2)5-4-6-11-9/h4-6H,3H2,1-2H3. The number of carbonyl (C=O) groups is 2. The summed E-state index contributed by atoms with van der Waals surface area (Å²) in [4.78, 5) is 26.5. The van der Waals surface area contributed by atoms with Crippen molar-refractivity contribution in [2.75, 3.05) is 7.11 Å². The fraction of sp³-hybridized carbons (Fsp3) is 0.300. The minimum atomic E-state index is -0.477. The molecule has 0 bridgehead atoms. The smallest absolute Gasteiger partial charge is 0.340 e. The highest BCUT2D eigenvalue weighted by Gasteiger charge is 2.14. The molecule has 0 atom stereocenters. The van der Waals surface area contributed by atoms with E-state index in [0.29, 0.717) is 17.0 Å². The SMILES string of the molecule is CCC(=O)Sc1ncccc1C(=O)OC. The maximum Gasteiger partial charge on any atom is 0.340 e. The minimum absolute atomic E-state index is 0.0288. The summed E-state index contributed by atoms with van der Waals surface area (Å²) >= 11 is 0.963. The van der Waals surface area contributed by atoms with Gasteiger partial charge in [-0.25, -0.2) is 9.78 Å². The van der Waals surface area contributed by atoms with E-state index in [1.807, 2.05) is 0 Å². The lowest BCUT2D eigenvalue weighted by Crippen LogP contribution is -2.05. The number of ether oxygens (including phenoxy) is 1. The third-order valence-electron chi connectivity index (χ3n) is 1.68. The number of hydrogen-bond donors (Lipinski definition) is 0. The molecule has 15 heavy (non-hydrogen) atoms. The Kier molecular flexibility index (Phi) is 4.30. The monoisotopic (exact) mass is 225 g/mol. The summed E-state index contributed by atoms with van der Waals surface area (Å²) in [6.45, 7) is 1.76. The van der Waals surface area contributed by atoms with Gasteiger partial charge >= 0.3 is 5.97 Å². The summed E-state index contributed by atoms with van der Waals surface area (Å²) in [7, 11) is 1.30. The van der Waals surface area contributed by atoms with Crippen molar-refractivity contribution < 1.29 is 14.3 Å². The van der Waals surface area contributed by atoms with E-state index in [1.54, 1.807) is 19.1 Å². The van der Waals surface area contributed by atoms with Crippen LogP contribution in [0.15, 0.2) is 23.4 Å². The Balaban J connectivity index is 2.96. The Morgan fingerprint density at radius 2 is 2.27 bits per heavy atom. The lowest BCUT2D eigenvalue weighted by molar-refractivity contribution is -0.110. The number of thioether (sulfide) groups is 1. The molecule has 0 saturated heterocycles. The first-order valence-corrected chi connectivity index (χ1v) is 5.24. The zero-order valence-electron chi connectivity index (χ0n) is 8.52. The van der Waals surface area contributed by atoms with Crippen LogP contribution in [-0.4, -0.2) is 23.2 Å². The van der Waals surface area contributed by atoms with Gasteiger partial charge in [-0.05, 0) is 23.9 Å². The van der Waals surface area contributed by atoms with Gasteiger partial charge in [-0.3, -0.25) is 4.79 Å². The zero-order chi connectivity index (χ0) is 11.3. The summed E-state index contributed by atoms with van der Waals surface area (Å²) in [6.07, 6.45) is 1.94. The molecule has 1 heterocycles. The molecule has 0 unspecified atom stereocenters. The van der Waals surface area contributed by atoms with Crippen molar-refractivity contribution in [1.29, 1.82) is 0 Å². The molecule has 0 aliphatic carbocycles. The van der Waals surface area contributed by atoms with Crippen LogP contribution < -0.4 is 0 Å². The van der Waals surface area contributed by atoms with Gasteiger partial charge in [-0.15, -0.1) is 0 Å². The first-order valence-electron chi connectivity index (χ1n) is 4.43. The molecular weight excluding hydrogens is 214 g/mol. The highest BCUT2D eigenvalue weighted by Crippen LogP contribution is 2.22. The van der Waals surface area contributed by atoms with Crippen molar-refractivity contribution in [3.8, 4) is 0 Å². The largest absolute Gasteiger partial charge is 0.465 e. The molecule has 0 spiro atoms. The van der Waals surface area contributed by atoms with Gasteiger partial charge in [0.2, 0.25) is 0 Å². The predicted molar refractivity (Wildman–Crippen MR) is 56.7 cm³/mol. The molecule has 5 heteroatoms. The van der Waals surface area contributed by atoms with E-state index in [2.05, 4.69) is 9.72 Å². The van der Waals surface area contributed by atoms with Crippen molar-refractivity contribution >= 4 is 22.8 Å². The summed E-state index contributed by atoms with van der Waals surface area (Å²) < 4.78 is 4.59. The number of hydrogen-bond acceptors (Lipinski definition) is 5. The Bertz CT molecular complexity index is 379. The topological polar surface area (TPSA) is 56.3 Å². The van der Waals surface area contributed by atoms with Crippen LogP contribution in [0.1, 0.15) is 23.7 Å². The first-order chi connectivity index (χ1) is 7.19. The van der Waals surface area contributed by atoms with Gasteiger partial charge in [-0.2, -0.15) is 0 Å². The lowest BCUT2D eigenvalue weighted by atomic mass is 10.3. The Labute approximate surface area is 92.0 Å². The fourth-order valence-corrected chi connectivity index (χ4v) is 1.65. The first kappa shape index (κ1) is 11.7. The molecule has 1 aromatic rings. The zero-order valence-corrected chi connectivity index (χ0v) is 9.34. The lowest BCUT2D eigenvalue weighted by Gasteiger charge is -2.04. The number of methoxy groups -OCH3 is 1. The molecule has 80 valence electrons. The molecule has 4 nitrogen and oxygen atoms in total. The molecule has 0 aliphatic rings. The molecule has 0 radical (unpaired) electrons. The number of pyridine rings is 1. The van der Waals surface area contributed by atoms with Crippen LogP contribution in [0.4, 0.5) is 0 Å². The second-order valence-corrected chi connectivity index (χ2v) is 3.72. The number of nitrogens with zero attached hydrogens (tertiary/aromatic N) is 1. The molecule has 0 N–H and O–H groups in total. The Morgan fingerprint density at radius 1 is 1.53 bits per heavy atom. The van der Waals surface area contributed by atoms with Gasteiger partial charge in [0, 0.05) is 12.6 Å². The Morgan fingerprint density at radius 3 is 2.87 bits per heavy atom. The third-order valence-corrected chi connectivity index (χ3v) is 2.71. The molecule has 1 aromatic heterocycles. The Hall–Kier alpha value is -1.36. The van der Waals surface area contributed by atoms with Crippen LogP contribution in [0.5, 0.6) is 0 Å². The average Bonchev–Trinajstić information content (AvgIpc) is 2.28. The fourth-order valence-electron chi connectivity index (χ4n) is 0.917. The van der Waals surface area contributed by atoms with E-state index >= 15 is 0 Å². The van der Waals surface area contributed by atoms with E-state index in [9.17, 15) is 9.59 Å². The van der Waals surface area contributed by atoms with Gasteiger partial charge in [0.1, 0.15) is 5.03 Å². The van der Waals surface area contributed by atoms with E-state index < -0.39 is 5.97 Å². The normalized spacial score (nSPS) is 9.73. The van der Waals surface area contributed by atoms with Gasteiger partial charge in [0.05, 0.1) is 12.7 Å². The van der Waals surface area contributed by atoms with Gasteiger partial charge in [0.25, 0.3) is 0 Å². The molecule has 0 saturated carbocycles. The molecule has 0 aliphatic heterocycles. The molecule has 0 aromatic carbocycles. The van der Waals surface area contributed by atoms with Crippen molar-refractivity contribution in [1.82, 2.24) is 4.98 Å². The summed E-state index contributed by atoms with van der Waals surface area (Å²) in [5.74, 6) is -0.477. The van der Waals surface area contributed by atoms with Crippen LogP contribution in [0.2, 0.25) is 0 Å². The van der Waals surface area contributed by atoms with Gasteiger partial charge in [-0.1, -0.05) is 6.92 Å². The number of carbonyl (C=O) groups excluding carboxylic acids is 2. The molecule has 1 rings (SSSR count). The average molecular weight is 225 g/mol. The second-order valence-electron chi connectivity index (χ2n) is 2.68. The highest BCUT2D eigenvalue weighted by atomic mass is 32.2. The number of aromatic nitrogens is 1. The molecule has 0 fully saturated rings. The van der Waals surface area contributed by atoms with E-state index in [4.69, 9.17) is 0 Å². The van der Waals surface area contributed by atoms with Crippen LogP contribution >= 0.6 is 11.8 Å². The van der Waals surface area contributed by atoms with Crippen LogP contribution in [0, 0.1) is 0 Å². The number of esters is 1. The molecular formula is C10H11NO3S. The quantitative estimate of drug-likeness (QED) is 0.581. The van der Waals surface area contributed by atoms with Crippen molar-refractivity contribution in [3.63, 3.8) is 0 Å². The maximum atomic E-state index is 11.3. The third kappa shape index (κ3) is 3.06. The summed E-state index contributed by atoms with van der Waals surface area (Å²) in [5, 5.41) is 0.370. The maximum absolute atomic E-state index is 11.3. The van der Waals surface area contributed by atoms with E-state index in [0.717, 1.165) is 11.8 Å². The van der Waals surface area contributed by atoms with Gasteiger partial charge < -0.3 is 4.74 Å². The summed E-state index contributed by atoms with van der Waals surface area (Å²) in [6, 6.07) is 3.22. The summed E-state index contributed by atoms with van der Waals surface area (Å²) in [5.41, 5.74) is 0.326. The van der Waals surface area contributed by atoms with Gasteiger partial charge in [0.15, 0.2) is 5.12 Å². The van der Waals surface area contributed by atoms with Crippen LogP contribution in [0.25, 0.3) is 0 Å². The van der Waals surface area contributed by atoms with Crippen molar-refractivity contribution in [2.24, 2.45) is 0 Å². The molecule has 0 amide bonds. The predicted octanol–water partition coefficient (Wildman–Crippen LogP) is 1.90. The highest BCUT2D eigenvalue weighted by molar-refractivity contribution is 8.13. The van der Waals surface area contributed by atoms with E-state index in [1.165, 1.54) is 13.3 Å². The second kappa shape index (κ2) is 5.50. The van der Waals surface area contributed by atoms with Crippen molar-refractivity contribution in [3.05, 3.63) is 23.9 Å². The van der Waals surface area contributed by atoms with Crippen LogP contribution in [0.3, 0.4) is 0 Å². The number of rotatable bonds is 3.